The van der Waals surface area contributed by atoms with Crippen LogP contribution >= 0.6 is 39.1 Å². The van der Waals surface area contributed by atoms with Crippen molar-refractivity contribution in [1.82, 2.24) is 5.32 Å². The maximum absolute atomic E-state index is 12.2. The summed E-state index contributed by atoms with van der Waals surface area (Å²) in [4.78, 5) is 12.2. The van der Waals surface area contributed by atoms with Gasteiger partial charge in [0.2, 0.25) is 0 Å². The number of rotatable bonds is 3. The summed E-state index contributed by atoms with van der Waals surface area (Å²) in [5.41, 5.74) is 7.31. The van der Waals surface area contributed by atoms with Crippen molar-refractivity contribution >= 4 is 50.7 Å². The van der Waals surface area contributed by atoms with Crippen LogP contribution in [0.5, 0.6) is 0 Å². The molecular weight excluding hydrogens is 375 g/mol. The second-order valence-corrected chi connectivity index (χ2v) is 6.33. The topological polar surface area (TPSA) is 55.1 Å². The third-order valence-electron chi connectivity index (χ3n) is 3.06. The molecule has 3 nitrogen and oxygen atoms in total. The molecule has 1 amide bonds. The first kappa shape index (κ1) is 16.1. The number of nitrogen functional groups attached to an aromatic ring is 1. The Kier molecular flexibility index (Phi) is 5.14. The molecule has 110 valence electrons. The molecule has 0 bridgehead atoms. The molecular formula is C15H13BrCl2N2O. The van der Waals surface area contributed by atoms with E-state index in [1.165, 1.54) is 12.1 Å². The summed E-state index contributed by atoms with van der Waals surface area (Å²) in [6.45, 7) is 1.90. The molecule has 21 heavy (non-hydrogen) atoms. The second-order valence-electron chi connectivity index (χ2n) is 4.60. The summed E-state index contributed by atoms with van der Waals surface area (Å²) in [7, 11) is 0. The van der Waals surface area contributed by atoms with Gasteiger partial charge in [0.1, 0.15) is 0 Å². The molecule has 0 spiro atoms. The zero-order valence-electron chi connectivity index (χ0n) is 11.2. The van der Waals surface area contributed by atoms with Gasteiger partial charge in [0.15, 0.2) is 0 Å². The fourth-order valence-corrected chi connectivity index (χ4v) is 2.58. The number of carbonyl (C=O) groups is 1. The molecule has 0 aliphatic heterocycles. The van der Waals surface area contributed by atoms with Gasteiger partial charge < -0.3 is 11.1 Å². The Bertz CT molecular complexity index is 651. The Morgan fingerprint density at radius 3 is 2.24 bits per heavy atom. The molecule has 0 fully saturated rings. The van der Waals surface area contributed by atoms with Gasteiger partial charge in [-0.25, -0.2) is 0 Å². The third-order valence-corrected chi connectivity index (χ3v) is 4.21. The van der Waals surface area contributed by atoms with Crippen molar-refractivity contribution in [2.24, 2.45) is 0 Å². The van der Waals surface area contributed by atoms with Crippen LogP contribution in [0.25, 0.3) is 0 Å². The molecule has 1 unspecified atom stereocenters. The van der Waals surface area contributed by atoms with Crippen LogP contribution in [0.1, 0.15) is 28.9 Å². The van der Waals surface area contributed by atoms with Crippen LogP contribution < -0.4 is 11.1 Å². The molecule has 1 atom stereocenters. The Balaban J connectivity index is 2.16. The number of amides is 1. The summed E-state index contributed by atoms with van der Waals surface area (Å²) in [5, 5.41) is 3.43. The first-order chi connectivity index (χ1) is 9.88. The van der Waals surface area contributed by atoms with E-state index in [2.05, 4.69) is 21.2 Å². The van der Waals surface area contributed by atoms with E-state index in [1.54, 1.807) is 0 Å². The molecule has 3 N–H and O–H groups in total. The van der Waals surface area contributed by atoms with Gasteiger partial charge in [-0.05, 0) is 36.8 Å². The van der Waals surface area contributed by atoms with Gasteiger partial charge in [-0.2, -0.15) is 0 Å². The predicted octanol–water partition coefficient (Wildman–Crippen LogP) is 4.83. The van der Waals surface area contributed by atoms with E-state index in [9.17, 15) is 4.79 Å². The molecule has 0 heterocycles. The van der Waals surface area contributed by atoms with E-state index < -0.39 is 0 Å². The number of hydrogen-bond donors (Lipinski definition) is 2. The SMILES string of the molecule is CC(NC(=O)c1cc(Cl)c(N)c(Cl)c1)c1ccc(Br)cc1. The highest BCUT2D eigenvalue weighted by atomic mass is 79.9. The van der Waals surface area contributed by atoms with E-state index >= 15 is 0 Å². The first-order valence-corrected chi connectivity index (χ1v) is 7.74. The summed E-state index contributed by atoms with van der Waals surface area (Å²) >= 11 is 15.3. The fraction of sp³-hybridized carbons (Fsp3) is 0.133. The normalized spacial score (nSPS) is 12.0. The molecule has 0 aliphatic rings. The largest absolute Gasteiger partial charge is 0.396 e. The molecule has 0 aromatic heterocycles. The number of carbonyl (C=O) groups excluding carboxylic acids is 1. The minimum atomic E-state index is -0.255. The van der Waals surface area contributed by atoms with Gasteiger partial charge in [0.25, 0.3) is 5.91 Å². The lowest BCUT2D eigenvalue weighted by Gasteiger charge is -2.15. The third kappa shape index (κ3) is 3.90. The number of halogens is 3. The van der Waals surface area contributed by atoms with E-state index in [4.69, 9.17) is 28.9 Å². The smallest absolute Gasteiger partial charge is 0.251 e. The number of nitrogens with two attached hydrogens (primary N) is 1. The van der Waals surface area contributed by atoms with Gasteiger partial charge in [0, 0.05) is 10.0 Å². The minimum absolute atomic E-state index is 0.138. The molecule has 2 rings (SSSR count). The lowest BCUT2D eigenvalue weighted by molar-refractivity contribution is 0.0940. The Labute approximate surface area is 141 Å². The monoisotopic (exact) mass is 386 g/mol. The summed E-state index contributed by atoms with van der Waals surface area (Å²) < 4.78 is 0.988. The van der Waals surface area contributed by atoms with Crippen molar-refractivity contribution in [1.29, 1.82) is 0 Å². The molecule has 2 aromatic carbocycles. The van der Waals surface area contributed by atoms with Gasteiger partial charge in [-0.15, -0.1) is 0 Å². The maximum Gasteiger partial charge on any atom is 0.251 e. The first-order valence-electron chi connectivity index (χ1n) is 6.19. The van der Waals surface area contributed by atoms with Crippen LogP contribution in [-0.4, -0.2) is 5.91 Å². The minimum Gasteiger partial charge on any atom is -0.396 e. The van der Waals surface area contributed by atoms with E-state index in [0.29, 0.717) is 5.56 Å². The Morgan fingerprint density at radius 2 is 1.71 bits per heavy atom. The molecule has 0 aliphatic carbocycles. The van der Waals surface area contributed by atoms with Crippen LogP contribution in [-0.2, 0) is 0 Å². The van der Waals surface area contributed by atoms with Gasteiger partial charge in [-0.1, -0.05) is 51.3 Å². The zero-order chi connectivity index (χ0) is 15.6. The summed E-state index contributed by atoms with van der Waals surface area (Å²) in [5.74, 6) is -0.255. The van der Waals surface area contributed by atoms with Crippen molar-refractivity contribution < 1.29 is 4.79 Å². The second kappa shape index (κ2) is 6.69. The zero-order valence-corrected chi connectivity index (χ0v) is 14.3. The average molecular weight is 388 g/mol. The van der Waals surface area contributed by atoms with Crippen LogP contribution in [0.4, 0.5) is 5.69 Å². The van der Waals surface area contributed by atoms with Crippen LogP contribution in [0.3, 0.4) is 0 Å². The number of anilines is 1. The van der Waals surface area contributed by atoms with Gasteiger partial charge in [-0.3, -0.25) is 4.79 Å². The number of nitrogens with one attached hydrogen (secondary N) is 1. The van der Waals surface area contributed by atoms with E-state index in [0.717, 1.165) is 10.0 Å². The highest BCUT2D eigenvalue weighted by Crippen LogP contribution is 2.29. The molecule has 2 aromatic rings. The van der Waals surface area contributed by atoms with Crippen molar-refractivity contribution in [2.75, 3.05) is 5.73 Å². The highest BCUT2D eigenvalue weighted by Gasteiger charge is 2.14. The summed E-state index contributed by atoms with van der Waals surface area (Å²) in [6.07, 6.45) is 0. The van der Waals surface area contributed by atoms with E-state index in [-0.39, 0.29) is 27.7 Å². The Morgan fingerprint density at radius 1 is 1.19 bits per heavy atom. The van der Waals surface area contributed by atoms with Gasteiger partial charge in [0.05, 0.1) is 21.8 Å². The van der Waals surface area contributed by atoms with Crippen LogP contribution in [0.2, 0.25) is 10.0 Å². The fourth-order valence-electron chi connectivity index (χ4n) is 1.83. The molecule has 0 saturated carbocycles. The summed E-state index contributed by atoms with van der Waals surface area (Å²) in [6, 6.07) is 10.6. The molecule has 6 heteroatoms. The molecule has 0 radical (unpaired) electrons. The van der Waals surface area contributed by atoms with Crippen LogP contribution in [0.15, 0.2) is 40.9 Å². The van der Waals surface area contributed by atoms with Crippen molar-refractivity contribution in [3.8, 4) is 0 Å². The Hall–Kier alpha value is -1.23. The highest BCUT2D eigenvalue weighted by molar-refractivity contribution is 9.10. The van der Waals surface area contributed by atoms with Gasteiger partial charge >= 0.3 is 0 Å². The number of hydrogen-bond acceptors (Lipinski definition) is 2. The quantitative estimate of drug-likeness (QED) is 0.741. The number of benzene rings is 2. The van der Waals surface area contributed by atoms with E-state index in [1.807, 2.05) is 31.2 Å². The van der Waals surface area contributed by atoms with Crippen molar-refractivity contribution in [3.63, 3.8) is 0 Å². The standard InChI is InChI=1S/C15H13BrCl2N2O/c1-8(9-2-4-11(16)5-3-9)20-15(21)10-6-12(17)14(19)13(18)7-10/h2-8H,19H2,1H3,(H,20,21). The lowest BCUT2D eigenvalue weighted by Crippen LogP contribution is -2.26. The van der Waals surface area contributed by atoms with Crippen LogP contribution in [0, 0.1) is 0 Å². The average Bonchev–Trinajstić information content (AvgIpc) is 2.44. The predicted molar refractivity (Wildman–Crippen MR) is 90.9 cm³/mol. The molecule has 0 saturated heterocycles. The maximum atomic E-state index is 12.2. The van der Waals surface area contributed by atoms with Crippen molar-refractivity contribution in [2.45, 2.75) is 13.0 Å². The van der Waals surface area contributed by atoms with Crippen molar-refractivity contribution in [3.05, 3.63) is 62.0 Å². The lowest BCUT2D eigenvalue weighted by atomic mass is 10.1.